The van der Waals surface area contributed by atoms with Crippen LogP contribution in [0.3, 0.4) is 0 Å². The Kier molecular flexibility index (Phi) is 4.22. The Labute approximate surface area is 102 Å². The maximum Gasteiger partial charge on any atom is 1.00 e. The average molecular weight is 228 g/mol. The minimum Gasteiger partial charge on any atom is -0.744 e. The van der Waals surface area contributed by atoms with Crippen molar-refractivity contribution in [2.75, 3.05) is 0 Å². The molecule has 0 fully saturated rings. The summed E-state index contributed by atoms with van der Waals surface area (Å²) in [5, 5.41) is 26.5. The van der Waals surface area contributed by atoms with Crippen LogP contribution in [-0.4, -0.2) is 28.3 Å². The van der Waals surface area contributed by atoms with Gasteiger partial charge in [-0.2, -0.15) is 0 Å². The molecule has 0 heterocycles. The number of hydrogen-bond acceptors (Lipinski definition) is 6. The van der Waals surface area contributed by atoms with Crippen LogP contribution in [0.5, 0.6) is 17.2 Å². The Morgan fingerprint density at radius 2 is 1.43 bits per heavy atom. The zero-order chi connectivity index (χ0) is 10.2. The van der Waals surface area contributed by atoms with Crippen LogP contribution in [0, 0.1) is 0 Å². The molecule has 0 aliphatic heterocycles. The summed E-state index contributed by atoms with van der Waals surface area (Å²) in [7, 11) is -4.84. The topological polar surface area (TPSA) is 118 Å². The molecule has 72 valence electrons. The Bertz CT molecular complexity index is 440. The van der Waals surface area contributed by atoms with Crippen LogP contribution in [-0.2, 0) is 10.1 Å². The molecule has 0 aromatic heterocycles. The molecule has 8 heteroatoms. The summed E-state index contributed by atoms with van der Waals surface area (Å²) in [5.74, 6) is -2.39. The van der Waals surface area contributed by atoms with Crippen molar-refractivity contribution >= 4 is 10.1 Å². The van der Waals surface area contributed by atoms with E-state index in [1.54, 1.807) is 0 Å². The predicted molar refractivity (Wildman–Crippen MR) is 39.4 cm³/mol. The fourth-order valence-electron chi connectivity index (χ4n) is 0.747. The van der Waals surface area contributed by atoms with Crippen molar-refractivity contribution in [1.82, 2.24) is 0 Å². The quantitative estimate of drug-likeness (QED) is 0.201. The van der Waals surface area contributed by atoms with Gasteiger partial charge in [0.2, 0.25) is 0 Å². The van der Waals surface area contributed by atoms with E-state index in [-0.39, 0.29) is 29.6 Å². The van der Waals surface area contributed by atoms with Gasteiger partial charge in [0.05, 0.1) is 4.90 Å². The number of aromatic hydroxyl groups is 3. The van der Waals surface area contributed by atoms with Crippen molar-refractivity contribution in [2.24, 2.45) is 0 Å². The number of phenolic OH excluding ortho intramolecular Hbond substituents is 3. The van der Waals surface area contributed by atoms with E-state index in [0.29, 0.717) is 12.1 Å². The third-order valence-corrected chi connectivity index (χ3v) is 2.19. The number of hydrogen-bond donors (Lipinski definition) is 3. The molecular weight excluding hydrogens is 223 g/mol. The first-order valence-corrected chi connectivity index (χ1v) is 4.44. The molecular formula is C6H5NaO6S. The summed E-state index contributed by atoms with van der Waals surface area (Å²) < 4.78 is 31.2. The van der Waals surface area contributed by atoms with Crippen LogP contribution < -0.4 is 29.6 Å². The van der Waals surface area contributed by atoms with Gasteiger partial charge in [0.25, 0.3) is 0 Å². The third-order valence-electron chi connectivity index (χ3n) is 1.33. The summed E-state index contributed by atoms with van der Waals surface area (Å²) in [5.41, 5.74) is 0. The predicted octanol–water partition coefficient (Wildman–Crippen LogP) is -3.29. The molecule has 0 saturated heterocycles. The van der Waals surface area contributed by atoms with E-state index in [9.17, 15) is 13.0 Å². The van der Waals surface area contributed by atoms with Gasteiger partial charge in [0, 0.05) is 12.1 Å². The molecule has 0 spiro atoms. The molecule has 1 aromatic rings. The van der Waals surface area contributed by atoms with Crippen molar-refractivity contribution in [3.63, 3.8) is 0 Å². The van der Waals surface area contributed by atoms with Crippen molar-refractivity contribution in [3.05, 3.63) is 12.1 Å². The maximum atomic E-state index is 10.4. The number of phenols is 3. The second-order valence-corrected chi connectivity index (χ2v) is 3.61. The molecule has 0 aliphatic carbocycles. The molecule has 0 unspecified atom stereocenters. The fraction of sp³-hybridized carbons (Fsp3) is 0. The van der Waals surface area contributed by atoms with Crippen LogP contribution >= 0.6 is 0 Å². The zero-order valence-electron chi connectivity index (χ0n) is 7.13. The minimum absolute atomic E-state index is 0. The normalized spacial score (nSPS) is 10.6. The number of rotatable bonds is 1. The van der Waals surface area contributed by atoms with Crippen LogP contribution in [0.15, 0.2) is 17.0 Å². The molecule has 0 atom stereocenters. The van der Waals surface area contributed by atoms with E-state index in [1.807, 2.05) is 0 Å². The van der Waals surface area contributed by atoms with Gasteiger partial charge >= 0.3 is 29.6 Å². The monoisotopic (exact) mass is 228 g/mol. The second kappa shape index (κ2) is 4.37. The van der Waals surface area contributed by atoms with Gasteiger partial charge in [0.1, 0.15) is 15.9 Å². The van der Waals surface area contributed by atoms with Gasteiger partial charge < -0.3 is 19.9 Å². The van der Waals surface area contributed by atoms with E-state index < -0.39 is 32.3 Å². The first-order chi connectivity index (χ1) is 5.82. The summed E-state index contributed by atoms with van der Waals surface area (Å²) >= 11 is 0. The SMILES string of the molecule is O=S(=O)([O-])c1cc(O)c(O)cc1O.[Na+]. The largest absolute Gasteiger partial charge is 1.00 e. The van der Waals surface area contributed by atoms with Gasteiger partial charge in [-0.05, 0) is 0 Å². The summed E-state index contributed by atoms with van der Waals surface area (Å²) in [4.78, 5) is -0.970. The van der Waals surface area contributed by atoms with E-state index in [4.69, 9.17) is 15.3 Å². The molecule has 0 amide bonds. The van der Waals surface area contributed by atoms with Crippen molar-refractivity contribution in [3.8, 4) is 17.2 Å². The Morgan fingerprint density at radius 3 is 1.86 bits per heavy atom. The van der Waals surface area contributed by atoms with E-state index >= 15 is 0 Å². The van der Waals surface area contributed by atoms with Crippen molar-refractivity contribution in [1.29, 1.82) is 0 Å². The standard InChI is InChI=1S/C6H6O6S.Na/c7-3-1-5(9)6(2-4(3)8)13(10,11)12;/h1-2,7-9H,(H,10,11,12);/q;+1/p-1. The van der Waals surface area contributed by atoms with Crippen LogP contribution in [0.2, 0.25) is 0 Å². The van der Waals surface area contributed by atoms with E-state index in [0.717, 1.165) is 0 Å². The molecule has 3 N–H and O–H groups in total. The van der Waals surface area contributed by atoms with Gasteiger partial charge in [-0.25, -0.2) is 8.42 Å². The van der Waals surface area contributed by atoms with Gasteiger partial charge in [-0.1, -0.05) is 0 Å². The first kappa shape index (κ1) is 13.5. The molecule has 14 heavy (non-hydrogen) atoms. The third kappa shape index (κ3) is 2.76. The van der Waals surface area contributed by atoms with Gasteiger partial charge in [-0.15, -0.1) is 0 Å². The Balaban J connectivity index is 0.00000169. The first-order valence-electron chi connectivity index (χ1n) is 3.03. The van der Waals surface area contributed by atoms with Crippen molar-refractivity contribution < 1.29 is 57.8 Å². The molecule has 1 rings (SSSR count). The second-order valence-electron chi connectivity index (χ2n) is 2.26. The summed E-state index contributed by atoms with van der Waals surface area (Å²) in [6.45, 7) is 0. The average Bonchev–Trinajstić information content (AvgIpc) is 1.94. The summed E-state index contributed by atoms with van der Waals surface area (Å²) in [6, 6.07) is 1.05. The molecule has 0 bridgehead atoms. The molecule has 0 saturated carbocycles. The van der Waals surface area contributed by atoms with E-state index in [2.05, 4.69) is 0 Å². The van der Waals surface area contributed by atoms with Gasteiger partial charge in [-0.3, -0.25) is 0 Å². The molecule has 0 radical (unpaired) electrons. The maximum absolute atomic E-state index is 10.4. The zero-order valence-corrected chi connectivity index (χ0v) is 9.95. The minimum atomic E-state index is -4.84. The Morgan fingerprint density at radius 1 is 1.00 bits per heavy atom. The molecule has 1 aromatic carbocycles. The summed E-state index contributed by atoms with van der Waals surface area (Å²) in [6.07, 6.45) is 0. The fourth-order valence-corrected chi connectivity index (χ4v) is 1.32. The van der Waals surface area contributed by atoms with Gasteiger partial charge in [0.15, 0.2) is 11.5 Å². The Hall–Kier alpha value is -0.470. The van der Waals surface area contributed by atoms with Crippen LogP contribution in [0.4, 0.5) is 0 Å². The number of benzene rings is 1. The van der Waals surface area contributed by atoms with E-state index in [1.165, 1.54) is 0 Å². The van der Waals surface area contributed by atoms with Crippen molar-refractivity contribution in [2.45, 2.75) is 4.90 Å². The van der Waals surface area contributed by atoms with Crippen LogP contribution in [0.1, 0.15) is 0 Å². The van der Waals surface area contributed by atoms with Crippen LogP contribution in [0.25, 0.3) is 0 Å². The molecule has 6 nitrogen and oxygen atoms in total. The smallest absolute Gasteiger partial charge is 0.744 e. The molecule has 0 aliphatic rings.